The topological polar surface area (TPSA) is 50.4 Å². The molecule has 0 saturated carbocycles. The molecule has 2 rings (SSSR count). The number of piperidine rings is 1. The Morgan fingerprint density at radius 3 is 2.81 bits per heavy atom. The van der Waals surface area contributed by atoms with E-state index in [1.165, 1.54) is 12.8 Å². The first-order valence-corrected chi connectivity index (χ1v) is 5.94. The standard InChI is InChI=1S/C13H19N3/c14-12-3-1-2-4-13(12)16-10-7-11-5-8-15-9-6-11/h1-4,10-11,15H,5-9,14H2. The number of anilines is 1. The second-order valence-corrected chi connectivity index (χ2v) is 4.30. The molecule has 0 spiro atoms. The molecular formula is C13H19N3. The summed E-state index contributed by atoms with van der Waals surface area (Å²) in [5.41, 5.74) is 7.46. The zero-order valence-electron chi connectivity index (χ0n) is 9.52. The van der Waals surface area contributed by atoms with E-state index in [1.54, 1.807) is 0 Å². The molecule has 0 atom stereocenters. The highest BCUT2D eigenvalue weighted by atomic mass is 14.9. The molecule has 3 heteroatoms. The van der Waals surface area contributed by atoms with Gasteiger partial charge in [0.2, 0.25) is 0 Å². The summed E-state index contributed by atoms with van der Waals surface area (Å²) in [4.78, 5) is 4.43. The van der Waals surface area contributed by atoms with Crippen molar-refractivity contribution in [3.63, 3.8) is 0 Å². The molecule has 3 N–H and O–H groups in total. The van der Waals surface area contributed by atoms with Crippen molar-refractivity contribution in [3.8, 4) is 0 Å². The summed E-state index contributed by atoms with van der Waals surface area (Å²) in [6.07, 6.45) is 5.60. The maximum absolute atomic E-state index is 5.82. The molecule has 0 unspecified atom stereocenters. The van der Waals surface area contributed by atoms with Crippen molar-refractivity contribution in [1.29, 1.82) is 0 Å². The molecular weight excluding hydrogens is 198 g/mol. The van der Waals surface area contributed by atoms with Crippen LogP contribution in [-0.2, 0) is 0 Å². The molecule has 16 heavy (non-hydrogen) atoms. The van der Waals surface area contributed by atoms with Crippen LogP contribution < -0.4 is 11.1 Å². The minimum Gasteiger partial charge on any atom is -0.397 e. The smallest absolute Gasteiger partial charge is 0.0854 e. The Bertz CT molecular complexity index is 354. The highest BCUT2D eigenvalue weighted by Gasteiger charge is 2.10. The number of rotatable bonds is 3. The number of para-hydroxylation sites is 2. The molecule has 0 radical (unpaired) electrons. The molecule has 1 fully saturated rings. The number of aliphatic imine (C=N–C) groups is 1. The van der Waals surface area contributed by atoms with E-state index in [4.69, 9.17) is 5.73 Å². The Hall–Kier alpha value is -1.35. The van der Waals surface area contributed by atoms with Gasteiger partial charge in [-0.15, -0.1) is 0 Å². The monoisotopic (exact) mass is 217 g/mol. The summed E-state index contributed by atoms with van der Waals surface area (Å²) in [5.74, 6) is 0.787. The fourth-order valence-corrected chi connectivity index (χ4v) is 2.02. The number of nitrogens with zero attached hydrogens (tertiary/aromatic N) is 1. The van der Waals surface area contributed by atoms with E-state index in [2.05, 4.69) is 10.3 Å². The zero-order chi connectivity index (χ0) is 11.2. The lowest BCUT2D eigenvalue weighted by Crippen LogP contribution is -2.27. The van der Waals surface area contributed by atoms with Crippen LogP contribution in [0.1, 0.15) is 19.3 Å². The Labute approximate surface area is 96.8 Å². The fraction of sp³-hybridized carbons (Fsp3) is 0.462. The van der Waals surface area contributed by atoms with E-state index in [0.717, 1.165) is 36.8 Å². The van der Waals surface area contributed by atoms with E-state index < -0.39 is 0 Å². The molecule has 86 valence electrons. The van der Waals surface area contributed by atoms with Gasteiger partial charge in [0.15, 0.2) is 0 Å². The van der Waals surface area contributed by atoms with Crippen LogP contribution in [0.4, 0.5) is 11.4 Å². The third-order valence-electron chi connectivity index (χ3n) is 3.06. The van der Waals surface area contributed by atoms with Crippen molar-refractivity contribution in [2.24, 2.45) is 10.9 Å². The normalized spacial score (nSPS) is 18.0. The summed E-state index contributed by atoms with van der Waals surface area (Å²) < 4.78 is 0. The van der Waals surface area contributed by atoms with Crippen LogP contribution in [0.25, 0.3) is 0 Å². The average Bonchev–Trinajstić information content (AvgIpc) is 2.33. The average molecular weight is 217 g/mol. The van der Waals surface area contributed by atoms with Crippen LogP contribution in [0.5, 0.6) is 0 Å². The Morgan fingerprint density at radius 1 is 1.31 bits per heavy atom. The van der Waals surface area contributed by atoms with E-state index >= 15 is 0 Å². The SMILES string of the molecule is Nc1ccccc1N=CCC1CCNCC1. The Balaban J connectivity index is 1.87. The molecule has 1 aromatic rings. The first-order chi connectivity index (χ1) is 7.86. The molecule has 0 aliphatic carbocycles. The molecule has 0 aromatic heterocycles. The van der Waals surface area contributed by atoms with Crippen LogP contribution in [0.2, 0.25) is 0 Å². The van der Waals surface area contributed by atoms with Crippen molar-refractivity contribution in [3.05, 3.63) is 24.3 Å². The lowest BCUT2D eigenvalue weighted by molar-refractivity contribution is 0.386. The van der Waals surface area contributed by atoms with E-state index in [1.807, 2.05) is 30.5 Å². The Kier molecular flexibility index (Phi) is 3.94. The van der Waals surface area contributed by atoms with Gasteiger partial charge in [0.1, 0.15) is 0 Å². The van der Waals surface area contributed by atoms with Crippen molar-refractivity contribution in [1.82, 2.24) is 5.32 Å². The van der Waals surface area contributed by atoms with Crippen molar-refractivity contribution in [2.75, 3.05) is 18.8 Å². The predicted octanol–water partition coefficient (Wildman–Crippen LogP) is 2.36. The minimum atomic E-state index is 0.754. The lowest BCUT2D eigenvalue weighted by atomic mass is 9.95. The predicted molar refractivity (Wildman–Crippen MR) is 69.2 cm³/mol. The van der Waals surface area contributed by atoms with Gasteiger partial charge in [-0.3, -0.25) is 4.99 Å². The van der Waals surface area contributed by atoms with Gasteiger partial charge in [-0.25, -0.2) is 0 Å². The molecule has 3 nitrogen and oxygen atoms in total. The molecule has 1 aliphatic heterocycles. The van der Waals surface area contributed by atoms with Gasteiger partial charge in [0.25, 0.3) is 0 Å². The zero-order valence-corrected chi connectivity index (χ0v) is 9.52. The maximum Gasteiger partial charge on any atom is 0.0854 e. The number of nitrogens with two attached hydrogens (primary N) is 1. The quantitative estimate of drug-likeness (QED) is 0.603. The summed E-state index contributed by atoms with van der Waals surface area (Å²) in [5, 5.41) is 3.37. The molecule has 1 aliphatic rings. The van der Waals surface area contributed by atoms with Gasteiger partial charge in [0.05, 0.1) is 11.4 Å². The van der Waals surface area contributed by atoms with Gasteiger partial charge < -0.3 is 11.1 Å². The summed E-state index contributed by atoms with van der Waals surface area (Å²) >= 11 is 0. The molecule has 1 saturated heterocycles. The minimum absolute atomic E-state index is 0.754. The molecule has 1 aromatic carbocycles. The number of nitrogens with one attached hydrogen (secondary N) is 1. The second kappa shape index (κ2) is 5.66. The van der Waals surface area contributed by atoms with Gasteiger partial charge >= 0.3 is 0 Å². The van der Waals surface area contributed by atoms with Crippen LogP contribution >= 0.6 is 0 Å². The van der Waals surface area contributed by atoms with Crippen molar-refractivity contribution < 1.29 is 0 Å². The van der Waals surface area contributed by atoms with E-state index in [-0.39, 0.29) is 0 Å². The van der Waals surface area contributed by atoms with Crippen LogP contribution in [0, 0.1) is 5.92 Å². The van der Waals surface area contributed by atoms with Gasteiger partial charge in [0, 0.05) is 6.21 Å². The van der Waals surface area contributed by atoms with Gasteiger partial charge in [-0.2, -0.15) is 0 Å². The highest BCUT2D eigenvalue weighted by Crippen LogP contribution is 2.21. The molecule has 0 bridgehead atoms. The van der Waals surface area contributed by atoms with Crippen LogP contribution in [0.15, 0.2) is 29.3 Å². The maximum atomic E-state index is 5.82. The number of hydrogen-bond donors (Lipinski definition) is 2. The summed E-state index contributed by atoms with van der Waals surface area (Å²) in [7, 11) is 0. The van der Waals surface area contributed by atoms with Crippen molar-refractivity contribution >= 4 is 17.6 Å². The van der Waals surface area contributed by atoms with E-state index in [9.17, 15) is 0 Å². The van der Waals surface area contributed by atoms with Gasteiger partial charge in [-0.05, 0) is 50.4 Å². The first-order valence-electron chi connectivity index (χ1n) is 5.94. The summed E-state index contributed by atoms with van der Waals surface area (Å²) in [6, 6.07) is 7.74. The number of nitrogen functional groups attached to an aromatic ring is 1. The van der Waals surface area contributed by atoms with Crippen LogP contribution in [0.3, 0.4) is 0 Å². The first kappa shape index (κ1) is 11.1. The second-order valence-electron chi connectivity index (χ2n) is 4.30. The largest absolute Gasteiger partial charge is 0.397 e. The summed E-state index contributed by atoms with van der Waals surface area (Å²) in [6.45, 7) is 2.29. The van der Waals surface area contributed by atoms with E-state index in [0.29, 0.717) is 0 Å². The Morgan fingerprint density at radius 2 is 2.06 bits per heavy atom. The fourth-order valence-electron chi connectivity index (χ4n) is 2.02. The molecule has 1 heterocycles. The van der Waals surface area contributed by atoms with Crippen LogP contribution in [-0.4, -0.2) is 19.3 Å². The third-order valence-corrected chi connectivity index (χ3v) is 3.06. The molecule has 0 amide bonds. The van der Waals surface area contributed by atoms with Crippen molar-refractivity contribution in [2.45, 2.75) is 19.3 Å². The lowest BCUT2D eigenvalue weighted by Gasteiger charge is -2.20. The number of hydrogen-bond acceptors (Lipinski definition) is 3. The highest BCUT2D eigenvalue weighted by molar-refractivity contribution is 5.70. The number of benzene rings is 1. The third kappa shape index (κ3) is 3.07. The van der Waals surface area contributed by atoms with Gasteiger partial charge in [-0.1, -0.05) is 12.1 Å².